The molecule has 1 heterocycles. The van der Waals surface area contributed by atoms with Crippen molar-refractivity contribution >= 4 is 33.4 Å². The minimum absolute atomic E-state index is 0.00470. The van der Waals surface area contributed by atoms with Crippen LogP contribution in [-0.2, 0) is 21.2 Å². The van der Waals surface area contributed by atoms with E-state index in [1.807, 2.05) is 25.1 Å². The summed E-state index contributed by atoms with van der Waals surface area (Å²) < 4.78 is 22.6. The zero-order chi connectivity index (χ0) is 21.0. The van der Waals surface area contributed by atoms with E-state index in [0.29, 0.717) is 10.8 Å². The highest BCUT2D eigenvalue weighted by Crippen LogP contribution is 2.24. The average Bonchev–Trinajstić information content (AvgIpc) is 3.01. The fourth-order valence-electron chi connectivity index (χ4n) is 2.68. The minimum Gasteiger partial charge on any atom is -0.337 e. The van der Waals surface area contributed by atoms with Gasteiger partial charge < -0.3 is 10.3 Å². The molecule has 1 aromatic heterocycles. The molecule has 0 aliphatic carbocycles. The van der Waals surface area contributed by atoms with Gasteiger partial charge in [0, 0.05) is 17.8 Å². The van der Waals surface area contributed by atoms with E-state index in [0.717, 1.165) is 17.8 Å². The second-order valence-electron chi connectivity index (χ2n) is 6.59. The number of carbonyl (C=O) groups is 1. The summed E-state index contributed by atoms with van der Waals surface area (Å²) in [6.07, 6.45) is 0.723. The lowest BCUT2D eigenvalue weighted by molar-refractivity contribution is -0.115. The fraction of sp³-hybridized carbons (Fsp3) is 0.200. The van der Waals surface area contributed by atoms with Crippen LogP contribution in [-0.4, -0.2) is 29.5 Å². The number of carbonyl (C=O) groups excluding carboxylic acids is 1. The third kappa shape index (κ3) is 5.69. The van der Waals surface area contributed by atoms with Gasteiger partial charge in [0.2, 0.25) is 15.9 Å². The highest BCUT2D eigenvalue weighted by Gasteiger charge is 2.18. The first kappa shape index (κ1) is 21.1. The molecule has 3 rings (SSSR count). The second kappa shape index (κ2) is 8.81. The zero-order valence-electron chi connectivity index (χ0n) is 16.0. The number of hydrogen-bond acceptors (Lipinski definition) is 5. The van der Waals surface area contributed by atoms with Gasteiger partial charge in [-0.1, -0.05) is 42.1 Å². The van der Waals surface area contributed by atoms with Gasteiger partial charge in [0.05, 0.1) is 15.8 Å². The van der Waals surface area contributed by atoms with Crippen LogP contribution in [0.25, 0.3) is 0 Å². The molecule has 29 heavy (non-hydrogen) atoms. The number of imidazole rings is 1. The molecule has 1 unspecified atom stereocenters. The Morgan fingerprint density at radius 3 is 2.45 bits per heavy atom. The molecule has 3 aromatic rings. The predicted octanol–water partition coefficient (Wildman–Crippen LogP) is 3.08. The van der Waals surface area contributed by atoms with E-state index in [1.165, 1.54) is 41.6 Å². The summed E-state index contributed by atoms with van der Waals surface area (Å²) in [5.74, 6) is -0.211. The van der Waals surface area contributed by atoms with Crippen LogP contribution in [0.2, 0.25) is 0 Å². The number of aryl methyl sites for hydroxylation is 1. The summed E-state index contributed by atoms with van der Waals surface area (Å²) in [4.78, 5) is 20.3. The fourth-order valence-corrected chi connectivity index (χ4v) is 4.07. The van der Waals surface area contributed by atoms with E-state index in [9.17, 15) is 13.2 Å². The molecular formula is C20H22N4O3S2. The lowest BCUT2D eigenvalue weighted by atomic mass is 10.1. The maximum absolute atomic E-state index is 12.5. The number of nitrogens with two attached hydrogens (primary N) is 1. The predicted molar refractivity (Wildman–Crippen MR) is 114 cm³/mol. The van der Waals surface area contributed by atoms with Crippen LogP contribution in [0, 0.1) is 6.92 Å². The number of thioether (sulfide) groups is 1. The number of benzene rings is 2. The smallest absolute Gasteiger partial charge is 0.238 e. The van der Waals surface area contributed by atoms with Crippen molar-refractivity contribution in [3.05, 3.63) is 71.5 Å². The second-order valence-corrected chi connectivity index (χ2v) is 9.49. The molecule has 0 bridgehead atoms. The van der Waals surface area contributed by atoms with Gasteiger partial charge in [-0.2, -0.15) is 0 Å². The van der Waals surface area contributed by atoms with Gasteiger partial charge >= 0.3 is 0 Å². The van der Waals surface area contributed by atoms with E-state index < -0.39 is 15.3 Å². The molecule has 0 radical (unpaired) electrons. The standard InChI is InChI=1S/C20H22N4O3S2/c1-13-18(12-15-6-4-3-5-7-15)24-20(22-13)28-14(2)19(25)23-16-8-10-17(11-9-16)29(21,26)27/h3-11,14H,12H2,1-2H3,(H,22,24)(H,23,25)(H2,21,26,27). The summed E-state index contributed by atoms with van der Waals surface area (Å²) in [5, 5.41) is 8.12. The van der Waals surface area contributed by atoms with Crippen molar-refractivity contribution in [2.24, 2.45) is 5.14 Å². The van der Waals surface area contributed by atoms with E-state index >= 15 is 0 Å². The van der Waals surface area contributed by atoms with Crippen molar-refractivity contribution in [1.82, 2.24) is 9.97 Å². The van der Waals surface area contributed by atoms with Crippen LogP contribution < -0.4 is 10.5 Å². The number of aromatic amines is 1. The van der Waals surface area contributed by atoms with Crippen molar-refractivity contribution in [2.45, 2.75) is 35.6 Å². The number of rotatable bonds is 7. The number of nitrogens with zero attached hydrogens (tertiary/aromatic N) is 1. The molecular weight excluding hydrogens is 408 g/mol. The Bertz CT molecular complexity index is 1090. The molecule has 0 saturated heterocycles. The van der Waals surface area contributed by atoms with Gasteiger partial charge in [0.25, 0.3) is 0 Å². The summed E-state index contributed by atoms with van der Waals surface area (Å²) in [5.41, 5.74) is 3.59. The van der Waals surface area contributed by atoms with Crippen LogP contribution in [0.1, 0.15) is 23.9 Å². The van der Waals surface area contributed by atoms with E-state index in [4.69, 9.17) is 5.14 Å². The number of H-pyrrole nitrogens is 1. The Kier molecular flexibility index (Phi) is 6.41. The van der Waals surface area contributed by atoms with Gasteiger partial charge in [-0.15, -0.1) is 0 Å². The average molecular weight is 431 g/mol. The highest BCUT2D eigenvalue weighted by atomic mass is 32.2. The third-order valence-corrected chi connectivity index (χ3v) is 6.20. The zero-order valence-corrected chi connectivity index (χ0v) is 17.7. The molecule has 1 amide bonds. The summed E-state index contributed by atoms with van der Waals surface area (Å²) >= 11 is 1.33. The Hall–Kier alpha value is -2.62. The molecule has 0 spiro atoms. The number of aromatic nitrogens is 2. The SMILES string of the molecule is Cc1[nH]c(SC(C)C(=O)Nc2ccc(S(N)(=O)=O)cc2)nc1Cc1ccccc1. The molecule has 0 aliphatic rings. The highest BCUT2D eigenvalue weighted by molar-refractivity contribution is 8.00. The Labute approximate surface area is 174 Å². The van der Waals surface area contributed by atoms with Crippen molar-refractivity contribution < 1.29 is 13.2 Å². The van der Waals surface area contributed by atoms with Gasteiger partial charge in [0.15, 0.2) is 5.16 Å². The number of primary sulfonamides is 1. The van der Waals surface area contributed by atoms with Crippen LogP contribution in [0.5, 0.6) is 0 Å². The van der Waals surface area contributed by atoms with Crippen LogP contribution in [0.4, 0.5) is 5.69 Å². The minimum atomic E-state index is -3.76. The van der Waals surface area contributed by atoms with Gasteiger partial charge in [-0.3, -0.25) is 4.79 Å². The maximum Gasteiger partial charge on any atom is 0.238 e. The van der Waals surface area contributed by atoms with E-state index in [-0.39, 0.29) is 10.8 Å². The van der Waals surface area contributed by atoms with E-state index in [1.54, 1.807) is 6.92 Å². The van der Waals surface area contributed by atoms with Gasteiger partial charge in [0.1, 0.15) is 0 Å². The van der Waals surface area contributed by atoms with Crippen molar-refractivity contribution in [1.29, 1.82) is 0 Å². The van der Waals surface area contributed by atoms with Crippen LogP contribution in [0.3, 0.4) is 0 Å². The Morgan fingerprint density at radius 1 is 1.17 bits per heavy atom. The molecule has 4 N–H and O–H groups in total. The first-order valence-electron chi connectivity index (χ1n) is 8.92. The van der Waals surface area contributed by atoms with Crippen molar-refractivity contribution in [2.75, 3.05) is 5.32 Å². The molecule has 7 nitrogen and oxygen atoms in total. The molecule has 0 fully saturated rings. The van der Waals surface area contributed by atoms with Crippen LogP contribution >= 0.6 is 11.8 Å². The third-order valence-electron chi connectivity index (χ3n) is 4.29. The van der Waals surface area contributed by atoms with Gasteiger partial charge in [-0.25, -0.2) is 18.5 Å². The lowest BCUT2D eigenvalue weighted by Crippen LogP contribution is -2.22. The molecule has 152 valence electrons. The number of amides is 1. The molecule has 0 aliphatic heterocycles. The molecule has 1 atom stereocenters. The number of hydrogen-bond donors (Lipinski definition) is 3. The summed E-state index contributed by atoms with van der Waals surface area (Å²) in [6, 6.07) is 15.8. The Balaban J connectivity index is 1.62. The number of nitrogens with one attached hydrogen (secondary N) is 2. The van der Waals surface area contributed by atoms with Crippen molar-refractivity contribution in [3.63, 3.8) is 0 Å². The monoisotopic (exact) mass is 430 g/mol. The van der Waals surface area contributed by atoms with E-state index in [2.05, 4.69) is 27.4 Å². The number of anilines is 1. The molecule has 9 heteroatoms. The first-order chi connectivity index (χ1) is 13.7. The van der Waals surface area contributed by atoms with Crippen molar-refractivity contribution in [3.8, 4) is 0 Å². The number of sulfonamides is 1. The van der Waals surface area contributed by atoms with Gasteiger partial charge in [-0.05, 0) is 43.7 Å². The Morgan fingerprint density at radius 2 is 1.83 bits per heavy atom. The lowest BCUT2D eigenvalue weighted by Gasteiger charge is -2.11. The quantitative estimate of drug-likeness (QED) is 0.498. The normalized spacial score (nSPS) is 12.5. The topological polar surface area (TPSA) is 118 Å². The molecule has 0 saturated carbocycles. The molecule has 2 aromatic carbocycles. The summed E-state index contributed by atoms with van der Waals surface area (Å²) in [7, 11) is -3.76. The van der Waals surface area contributed by atoms with Crippen LogP contribution in [0.15, 0.2) is 64.6 Å². The largest absolute Gasteiger partial charge is 0.337 e. The first-order valence-corrected chi connectivity index (χ1v) is 11.3. The maximum atomic E-state index is 12.5. The summed E-state index contributed by atoms with van der Waals surface area (Å²) in [6.45, 7) is 3.75.